The molecule has 0 amide bonds. The summed E-state index contributed by atoms with van der Waals surface area (Å²) >= 11 is 1.60. The minimum Gasteiger partial charge on any atom is -0.496 e. The molecule has 0 bridgehead atoms. The first-order valence-corrected chi connectivity index (χ1v) is 12.3. The van der Waals surface area contributed by atoms with Gasteiger partial charge in [-0.3, -0.25) is 4.79 Å². The van der Waals surface area contributed by atoms with E-state index in [4.69, 9.17) is 28.8 Å². The summed E-state index contributed by atoms with van der Waals surface area (Å²) in [6.45, 7) is -0.549. The Balaban J connectivity index is 0.00000420. The van der Waals surface area contributed by atoms with Crippen LogP contribution in [0.4, 0.5) is 0 Å². The monoisotopic (exact) mass is 557 g/mol. The second kappa shape index (κ2) is 13.5. The van der Waals surface area contributed by atoms with Crippen molar-refractivity contribution in [3.8, 4) is 39.2 Å². The van der Waals surface area contributed by atoms with Gasteiger partial charge in [-0.15, -0.1) is 11.3 Å². The first kappa shape index (κ1) is 30.0. The largest absolute Gasteiger partial charge is 0.496 e. The number of thiophene rings is 1. The van der Waals surface area contributed by atoms with E-state index in [-0.39, 0.29) is 41.1 Å². The molecule has 1 heterocycles. The van der Waals surface area contributed by atoms with Crippen LogP contribution in [0.25, 0.3) is 26.6 Å². The quantitative estimate of drug-likeness (QED) is 0.145. The van der Waals surface area contributed by atoms with Crippen LogP contribution in [0, 0.1) is 0 Å². The number of aliphatic carboxylic acids is 1. The van der Waals surface area contributed by atoms with Crippen molar-refractivity contribution in [1.82, 2.24) is 0 Å². The molecule has 1 aromatic heterocycles. The molecule has 8 nitrogen and oxygen atoms in total. The summed E-state index contributed by atoms with van der Waals surface area (Å²) in [4.78, 5) is 25.3. The molecule has 10 heteroatoms. The van der Waals surface area contributed by atoms with Crippen molar-refractivity contribution in [1.29, 1.82) is 0 Å². The fourth-order valence-corrected chi connectivity index (χ4v) is 5.02. The number of rotatable bonds is 11. The number of fused-ring (bicyclic) bond motifs is 1. The van der Waals surface area contributed by atoms with Crippen LogP contribution >= 0.6 is 11.3 Å². The van der Waals surface area contributed by atoms with Crippen molar-refractivity contribution in [3.63, 3.8) is 0 Å². The van der Waals surface area contributed by atoms with Crippen LogP contribution in [0.3, 0.4) is 0 Å². The predicted octanol–water partition coefficient (Wildman–Crippen LogP) is 5.58. The molecule has 0 fully saturated rings. The standard InChI is InChI=1S/C29H26O8S.Na/c1-33-23-15-22(37-16-28(31)32)17(11-20(23)27-14-18-7-5-6-8-26(18)38-27)9-10-21(30)19-12-24(34-2)29(36-4)25(13-19)35-3;/h5-15H,16H2,1-4H3,(H,31,32);. The van der Waals surface area contributed by atoms with Crippen molar-refractivity contribution in [2.75, 3.05) is 35.0 Å². The van der Waals surface area contributed by atoms with Gasteiger partial charge in [0.1, 0.15) is 11.5 Å². The molecular formula is C29H26NaO8S. The molecule has 0 saturated carbocycles. The fraction of sp³-hybridized carbons (Fsp3) is 0.172. The Bertz CT molecular complexity index is 1470. The summed E-state index contributed by atoms with van der Waals surface area (Å²) < 4.78 is 28.3. The van der Waals surface area contributed by atoms with Crippen molar-refractivity contribution >= 4 is 68.8 Å². The Morgan fingerprint density at radius 2 is 1.51 bits per heavy atom. The third kappa shape index (κ3) is 6.75. The Labute approximate surface area is 252 Å². The van der Waals surface area contributed by atoms with Crippen molar-refractivity contribution in [2.45, 2.75) is 0 Å². The van der Waals surface area contributed by atoms with Gasteiger partial charge in [0.05, 0.1) is 28.4 Å². The van der Waals surface area contributed by atoms with E-state index in [0.717, 1.165) is 20.5 Å². The summed E-state index contributed by atoms with van der Waals surface area (Å²) in [6.07, 6.45) is 2.96. The van der Waals surface area contributed by atoms with Gasteiger partial charge in [-0.1, -0.05) is 18.2 Å². The van der Waals surface area contributed by atoms with Crippen LogP contribution in [-0.2, 0) is 4.79 Å². The van der Waals surface area contributed by atoms with Gasteiger partial charge >= 0.3 is 5.97 Å². The molecule has 1 radical (unpaired) electrons. The summed E-state index contributed by atoms with van der Waals surface area (Å²) in [7, 11) is 5.97. The molecule has 0 aliphatic carbocycles. The maximum absolute atomic E-state index is 13.1. The van der Waals surface area contributed by atoms with Crippen molar-refractivity contribution in [2.24, 2.45) is 0 Å². The molecule has 4 aromatic rings. The number of benzene rings is 3. The average molecular weight is 558 g/mol. The van der Waals surface area contributed by atoms with E-state index in [0.29, 0.717) is 34.1 Å². The topological polar surface area (TPSA) is 101 Å². The van der Waals surface area contributed by atoms with Crippen LogP contribution in [0.1, 0.15) is 15.9 Å². The molecule has 0 aliphatic heterocycles. The zero-order valence-electron chi connectivity index (χ0n) is 22.3. The number of ether oxygens (including phenoxy) is 5. The SMILES string of the molecule is COc1cc(OCC(=O)O)c(C=CC(=O)c2cc(OC)c(OC)c(OC)c2)cc1-c1cc2ccccc2s1.[Na]. The van der Waals surface area contributed by atoms with E-state index in [1.165, 1.54) is 34.5 Å². The Hall–Kier alpha value is -3.50. The van der Waals surface area contributed by atoms with E-state index in [9.17, 15) is 9.59 Å². The number of carbonyl (C=O) groups excluding carboxylic acids is 1. The normalized spacial score (nSPS) is 10.7. The zero-order chi connectivity index (χ0) is 27.2. The smallest absolute Gasteiger partial charge is 0.341 e. The molecule has 197 valence electrons. The summed E-state index contributed by atoms with van der Waals surface area (Å²) in [5.41, 5.74) is 1.62. The van der Waals surface area contributed by atoms with E-state index >= 15 is 0 Å². The summed E-state index contributed by atoms with van der Waals surface area (Å²) in [5, 5.41) is 10.2. The van der Waals surface area contributed by atoms with E-state index in [1.54, 1.807) is 35.6 Å². The number of methoxy groups -OCH3 is 4. The number of hydrogen-bond donors (Lipinski definition) is 1. The van der Waals surface area contributed by atoms with Gasteiger partial charge in [0.2, 0.25) is 5.75 Å². The summed E-state index contributed by atoms with van der Waals surface area (Å²) in [6, 6.07) is 16.7. The van der Waals surface area contributed by atoms with Crippen LogP contribution in [0.5, 0.6) is 28.7 Å². The molecule has 3 aromatic carbocycles. The van der Waals surface area contributed by atoms with Gasteiger partial charge in [-0.2, -0.15) is 0 Å². The second-order valence-corrected chi connectivity index (χ2v) is 9.12. The number of carboxylic acids is 1. The third-order valence-corrected chi connectivity index (χ3v) is 6.89. The number of carbonyl (C=O) groups is 2. The average Bonchev–Trinajstić information content (AvgIpc) is 3.37. The number of allylic oxidation sites excluding steroid dienone is 1. The number of hydrogen-bond acceptors (Lipinski definition) is 8. The van der Waals surface area contributed by atoms with E-state index in [1.807, 2.05) is 30.3 Å². The predicted molar refractivity (Wildman–Crippen MR) is 152 cm³/mol. The van der Waals surface area contributed by atoms with Gasteiger partial charge in [-0.05, 0) is 47.9 Å². The van der Waals surface area contributed by atoms with Gasteiger partial charge in [-0.25, -0.2) is 4.79 Å². The molecule has 0 aliphatic rings. The van der Waals surface area contributed by atoms with Gasteiger partial charge < -0.3 is 28.8 Å². The summed E-state index contributed by atoms with van der Waals surface area (Å²) in [5.74, 6) is 0.418. The van der Waals surface area contributed by atoms with Crippen LogP contribution in [0.15, 0.2) is 60.7 Å². The van der Waals surface area contributed by atoms with Gasteiger partial charge in [0.15, 0.2) is 23.9 Å². The molecule has 1 N–H and O–H groups in total. The minimum absolute atomic E-state index is 0. The fourth-order valence-electron chi connectivity index (χ4n) is 3.93. The number of ketones is 1. The molecule has 4 rings (SSSR count). The number of carboxylic acid groups (broad SMARTS) is 1. The minimum atomic E-state index is -1.12. The Morgan fingerprint density at radius 1 is 0.846 bits per heavy atom. The molecule has 0 unspecified atom stereocenters. The van der Waals surface area contributed by atoms with Crippen LogP contribution < -0.4 is 23.7 Å². The third-order valence-electron chi connectivity index (χ3n) is 5.74. The molecule has 39 heavy (non-hydrogen) atoms. The molecule has 0 atom stereocenters. The van der Waals surface area contributed by atoms with Crippen molar-refractivity contribution < 1.29 is 38.4 Å². The van der Waals surface area contributed by atoms with Crippen LogP contribution in [0.2, 0.25) is 0 Å². The maximum Gasteiger partial charge on any atom is 0.341 e. The van der Waals surface area contributed by atoms with E-state index in [2.05, 4.69) is 6.07 Å². The Morgan fingerprint density at radius 3 is 2.10 bits per heavy atom. The van der Waals surface area contributed by atoms with Crippen LogP contribution in [-0.4, -0.2) is 81.5 Å². The first-order chi connectivity index (χ1) is 18.4. The van der Waals surface area contributed by atoms with Gasteiger partial charge in [0, 0.05) is 61.9 Å². The van der Waals surface area contributed by atoms with E-state index < -0.39 is 12.6 Å². The molecule has 0 spiro atoms. The zero-order valence-corrected chi connectivity index (χ0v) is 25.1. The van der Waals surface area contributed by atoms with Crippen molar-refractivity contribution in [3.05, 3.63) is 71.8 Å². The maximum atomic E-state index is 13.1. The first-order valence-electron chi connectivity index (χ1n) is 11.5. The molecule has 0 saturated heterocycles. The Kier molecular flexibility index (Phi) is 10.4. The van der Waals surface area contributed by atoms with Gasteiger partial charge in [0.25, 0.3) is 0 Å². The second-order valence-electron chi connectivity index (χ2n) is 8.03. The molecular weight excluding hydrogens is 531 g/mol.